The van der Waals surface area contributed by atoms with Crippen LogP contribution in [0, 0.1) is 5.82 Å². The van der Waals surface area contributed by atoms with E-state index in [9.17, 15) is 9.50 Å². The molecule has 1 rings (SSSR count). The van der Waals surface area contributed by atoms with Gasteiger partial charge in [-0.1, -0.05) is 35.8 Å². The predicted octanol–water partition coefficient (Wildman–Crippen LogP) is 3.63. The van der Waals surface area contributed by atoms with Gasteiger partial charge in [0.15, 0.2) is 0 Å². The first kappa shape index (κ1) is 14.0. The van der Waals surface area contributed by atoms with Gasteiger partial charge in [-0.25, -0.2) is 4.39 Å². The Morgan fingerprint density at radius 3 is 2.69 bits per heavy atom. The van der Waals surface area contributed by atoms with Crippen LogP contribution in [0.2, 0.25) is 0 Å². The lowest BCUT2D eigenvalue weighted by molar-refractivity contribution is 0.200. The molecule has 90 valence electrons. The normalized spacial score (nSPS) is 13.1. The van der Waals surface area contributed by atoms with Gasteiger partial charge in [0.25, 0.3) is 0 Å². The van der Waals surface area contributed by atoms with Crippen LogP contribution in [0.15, 0.2) is 22.7 Å². The molecule has 0 aromatic heterocycles. The van der Waals surface area contributed by atoms with E-state index in [0.717, 1.165) is 10.0 Å². The van der Waals surface area contributed by atoms with Crippen LogP contribution in [-0.2, 0) is 6.42 Å². The highest BCUT2D eigenvalue weighted by Crippen LogP contribution is 2.21. The molecule has 0 aliphatic rings. The lowest BCUT2D eigenvalue weighted by Gasteiger charge is -2.13. The highest BCUT2D eigenvalue weighted by atomic mass is 79.9. The molecule has 1 unspecified atom stereocenters. The first-order valence-corrected chi connectivity index (χ1v) is 7.07. The maximum absolute atomic E-state index is 12.8. The summed E-state index contributed by atoms with van der Waals surface area (Å²) in [4.78, 5) is 0. The van der Waals surface area contributed by atoms with Gasteiger partial charge in [-0.2, -0.15) is 11.8 Å². The Labute approximate surface area is 109 Å². The van der Waals surface area contributed by atoms with Crippen molar-refractivity contribution in [3.63, 3.8) is 0 Å². The fourth-order valence-electron chi connectivity index (χ4n) is 1.30. The van der Waals surface area contributed by atoms with Crippen molar-refractivity contribution in [2.24, 2.45) is 0 Å². The second-order valence-electron chi connectivity index (χ2n) is 3.98. The van der Waals surface area contributed by atoms with Crippen molar-refractivity contribution >= 4 is 27.7 Å². The summed E-state index contributed by atoms with van der Waals surface area (Å²) >= 11 is 5.03. The number of benzene rings is 1. The summed E-state index contributed by atoms with van der Waals surface area (Å²) in [5.74, 6) is 0.447. The van der Waals surface area contributed by atoms with Crippen molar-refractivity contribution in [3.8, 4) is 0 Å². The second kappa shape index (κ2) is 6.62. The maximum atomic E-state index is 12.8. The standard InChI is InChI=1S/C12H16BrFOS/c1-8(2)16-7-11(15)5-9-3-4-10(14)6-12(9)13/h3-4,6,8,11,15H,5,7H2,1-2H3. The first-order chi connectivity index (χ1) is 7.49. The second-order valence-corrected chi connectivity index (χ2v) is 6.44. The van der Waals surface area contributed by atoms with Crippen LogP contribution >= 0.6 is 27.7 Å². The molecule has 0 heterocycles. The lowest BCUT2D eigenvalue weighted by atomic mass is 10.1. The molecule has 0 aliphatic heterocycles. The summed E-state index contributed by atoms with van der Waals surface area (Å²) in [7, 11) is 0. The minimum atomic E-state index is -0.380. The third-order valence-corrected chi connectivity index (χ3v) is 4.07. The Kier molecular flexibility index (Phi) is 5.79. The number of hydrogen-bond donors (Lipinski definition) is 1. The summed E-state index contributed by atoms with van der Waals surface area (Å²) in [6, 6.07) is 4.56. The van der Waals surface area contributed by atoms with Gasteiger partial charge in [-0.3, -0.25) is 0 Å². The molecule has 0 fully saturated rings. The fraction of sp³-hybridized carbons (Fsp3) is 0.500. The van der Waals surface area contributed by atoms with E-state index in [0.29, 0.717) is 17.4 Å². The van der Waals surface area contributed by atoms with E-state index < -0.39 is 0 Å². The van der Waals surface area contributed by atoms with Crippen molar-refractivity contribution in [2.75, 3.05) is 5.75 Å². The Morgan fingerprint density at radius 1 is 1.44 bits per heavy atom. The molecular weight excluding hydrogens is 291 g/mol. The minimum Gasteiger partial charge on any atom is -0.392 e. The number of aliphatic hydroxyl groups excluding tert-OH is 1. The van der Waals surface area contributed by atoms with E-state index in [1.165, 1.54) is 12.1 Å². The monoisotopic (exact) mass is 306 g/mol. The molecule has 0 radical (unpaired) electrons. The molecule has 1 aromatic rings. The van der Waals surface area contributed by atoms with E-state index >= 15 is 0 Å². The van der Waals surface area contributed by atoms with Gasteiger partial charge in [-0.15, -0.1) is 0 Å². The summed E-state index contributed by atoms with van der Waals surface area (Å²) in [5, 5.41) is 10.3. The third-order valence-electron chi connectivity index (χ3n) is 2.09. The van der Waals surface area contributed by atoms with E-state index in [1.54, 1.807) is 17.8 Å². The van der Waals surface area contributed by atoms with E-state index in [1.807, 2.05) is 0 Å². The van der Waals surface area contributed by atoms with Crippen LogP contribution < -0.4 is 0 Å². The average molecular weight is 307 g/mol. The van der Waals surface area contributed by atoms with Crippen molar-refractivity contribution in [2.45, 2.75) is 31.6 Å². The molecule has 0 spiro atoms. The number of rotatable bonds is 5. The van der Waals surface area contributed by atoms with Crippen LogP contribution in [0.3, 0.4) is 0 Å². The van der Waals surface area contributed by atoms with Crippen LogP contribution in [0.4, 0.5) is 4.39 Å². The zero-order chi connectivity index (χ0) is 12.1. The van der Waals surface area contributed by atoms with E-state index in [4.69, 9.17) is 0 Å². The van der Waals surface area contributed by atoms with Gasteiger partial charge in [0.2, 0.25) is 0 Å². The molecule has 1 nitrogen and oxygen atoms in total. The van der Waals surface area contributed by atoms with Crippen LogP contribution in [-0.4, -0.2) is 22.2 Å². The Hall–Kier alpha value is -0.0600. The fourth-order valence-corrected chi connectivity index (χ4v) is 2.54. The van der Waals surface area contributed by atoms with Gasteiger partial charge in [0, 0.05) is 16.6 Å². The number of thioether (sulfide) groups is 1. The van der Waals surface area contributed by atoms with Crippen LogP contribution in [0.25, 0.3) is 0 Å². The topological polar surface area (TPSA) is 20.2 Å². The molecule has 1 N–H and O–H groups in total. The minimum absolute atomic E-state index is 0.262. The Balaban J connectivity index is 2.52. The quantitative estimate of drug-likeness (QED) is 0.896. The highest BCUT2D eigenvalue weighted by Gasteiger charge is 2.10. The predicted molar refractivity (Wildman–Crippen MR) is 71.4 cm³/mol. The highest BCUT2D eigenvalue weighted by molar-refractivity contribution is 9.10. The smallest absolute Gasteiger partial charge is 0.124 e. The average Bonchev–Trinajstić information content (AvgIpc) is 2.19. The van der Waals surface area contributed by atoms with Crippen LogP contribution in [0.5, 0.6) is 0 Å². The van der Waals surface area contributed by atoms with Crippen molar-refractivity contribution in [3.05, 3.63) is 34.1 Å². The summed E-state index contributed by atoms with van der Waals surface area (Å²) in [5.41, 5.74) is 0.943. The molecule has 0 bridgehead atoms. The largest absolute Gasteiger partial charge is 0.392 e. The first-order valence-electron chi connectivity index (χ1n) is 5.22. The van der Waals surface area contributed by atoms with Gasteiger partial charge in [-0.05, 0) is 22.9 Å². The molecule has 0 saturated heterocycles. The summed E-state index contributed by atoms with van der Waals surface area (Å²) < 4.78 is 13.6. The number of aliphatic hydroxyl groups is 1. The molecule has 16 heavy (non-hydrogen) atoms. The zero-order valence-electron chi connectivity index (χ0n) is 9.41. The summed E-state index contributed by atoms with van der Waals surface area (Å²) in [6.07, 6.45) is 0.176. The van der Waals surface area contributed by atoms with E-state index in [2.05, 4.69) is 29.8 Å². The molecule has 1 atom stereocenters. The molecular formula is C12H16BrFOS. The number of halogens is 2. The molecule has 4 heteroatoms. The van der Waals surface area contributed by atoms with E-state index in [-0.39, 0.29) is 11.9 Å². The molecule has 0 amide bonds. The lowest BCUT2D eigenvalue weighted by Crippen LogP contribution is -2.15. The van der Waals surface area contributed by atoms with Gasteiger partial charge in [0.05, 0.1) is 6.10 Å². The van der Waals surface area contributed by atoms with Crippen molar-refractivity contribution in [1.29, 1.82) is 0 Å². The van der Waals surface area contributed by atoms with Crippen molar-refractivity contribution in [1.82, 2.24) is 0 Å². The summed E-state index contributed by atoms with van der Waals surface area (Å²) in [6.45, 7) is 4.20. The third kappa shape index (κ3) is 4.85. The van der Waals surface area contributed by atoms with Crippen molar-refractivity contribution < 1.29 is 9.50 Å². The van der Waals surface area contributed by atoms with Gasteiger partial charge in [0.1, 0.15) is 5.82 Å². The number of hydrogen-bond acceptors (Lipinski definition) is 2. The van der Waals surface area contributed by atoms with Gasteiger partial charge < -0.3 is 5.11 Å². The molecule has 0 aliphatic carbocycles. The van der Waals surface area contributed by atoms with Gasteiger partial charge >= 0.3 is 0 Å². The maximum Gasteiger partial charge on any atom is 0.124 e. The van der Waals surface area contributed by atoms with Crippen LogP contribution in [0.1, 0.15) is 19.4 Å². The molecule has 0 saturated carbocycles. The Bertz CT molecular complexity index is 344. The SMILES string of the molecule is CC(C)SCC(O)Cc1ccc(F)cc1Br. The Morgan fingerprint density at radius 2 is 2.12 bits per heavy atom. The molecule has 1 aromatic carbocycles. The zero-order valence-corrected chi connectivity index (χ0v) is 11.8.